The Hall–Kier alpha value is -3.93. The first-order valence-corrected chi connectivity index (χ1v) is 12.6. The Kier molecular flexibility index (Phi) is 9.45. The topological polar surface area (TPSA) is 195 Å². The van der Waals surface area contributed by atoms with Crippen molar-refractivity contribution in [3.8, 4) is 0 Å². The molecule has 0 aliphatic carbocycles. The number of carbonyl (C=O) groups excluding carboxylic acids is 3. The second-order valence-electron chi connectivity index (χ2n) is 10.0. The molecule has 2 aromatic rings. The molecule has 206 valence electrons. The number of nitrogens with two attached hydrogens (primary N) is 1. The molecular weight excluding hydrogens is 494 g/mol. The van der Waals surface area contributed by atoms with E-state index in [0.717, 1.165) is 16.5 Å². The second-order valence-corrected chi connectivity index (χ2v) is 10.0. The van der Waals surface area contributed by atoms with Gasteiger partial charge in [0.1, 0.15) is 18.1 Å². The van der Waals surface area contributed by atoms with E-state index in [4.69, 9.17) is 10.8 Å². The summed E-state index contributed by atoms with van der Waals surface area (Å²) in [6.45, 7) is 4.05. The predicted octanol–water partition coefficient (Wildman–Crippen LogP) is 0.604. The lowest BCUT2D eigenvalue weighted by molar-refractivity contribution is -0.148. The first-order chi connectivity index (χ1) is 18.0. The second kappa shape index (κ2) is 12.5. The Morgan fingerprint density at radius 3 is 2.47 bits per heavy atom. The average Bonchev–Trinajstić information content (AvgIpc) is 3.50. The normalized spacial score (nSPS) is 17.7. The third-order valence-electron chi connectivity index (χ3n) is 6.61. The number of aromatic amines is 1. The molecule has 3 amide bonds. The van der Waals surface area contributed by atoms with E-state index in [1.165, 1.54) is 4.90 Å². The van der Waals surface area contributed by atoms with Crippen molar-refractivity contribution < 1.29 is 34.2 Å². The van der Waals surface area contributed by atoms with Crippen molar-refractivity contribution in [2.75, 3.05) is 6.54 Å². The highest BCUT2D eigenvalue weighted by atomic mass is 16.4. The van der Waals surface area contributed by atoms with Crippen LogP contribution in [-0.2, 0) is 30.4 Å². The van der Waals surface area contributed by atoms with Crippen LogP contribution in [0, 0.1) is 5.92 Å². The van der Waals surface area contributed by atoms with Crippen molar-refractivity contribution in [3.05, 3.63) is 36.0 Å². The Morgan fingerprint density at radius 2 is 1.82 bits per heavy atom. The molecule has 1 fully saturated rings. The van der Waals surface area contributed by atoms with Gasteiger partial charge in [0.05, 0.1) is 12.5 Å². The quantitative estimate of drug-likeness (QED) is 0.230. The van der Waals surface area contributed by atoms with E-state index in [0.29, 0.717) is 19.3 Å². The molecule has 2 heterocycles. The van der Waals surface area contributed by atoms with Gasteiger partial charge >= 0.3 is 11.9 Å². The van der Waals surface area contributed by atoms with Gasteiger partial charge in [-0.25, -0.2) is 4.79 Å². The number of carboxylic acid groups (broad SMARTS) is 2. The molecular formula is C26H35N5O7. The Balaban J connectivity index is 1.70. The summed E-state index contributed by atoms with van der Waals surface area (Å²) in [5, 5.41) is 24.1. The van der Waals surface area contributed by atoms with Gasteiger partial charge < -0.3 is 36.5 Å². The molecule has 1 aliphatic rings. The number of fused-ring (bicyclic) bond motifs is 1. The lowest BCUT2D eigenvalue weighted by atomic mass is 10.0. The van der Waals surface area contributed by atoms with Gasteiger partial charge in [-0.15, -0.1) is 0 Å². The number of hydrogen-bond donors (Lipinski definition) is 6. The zero-order chi connectivity index (χ0) is 28.0. The summed E-state index contributed by atoms with van der Waals surface area (Å²) in [7, 11) is 0. The van der Waals surface area contributed by atoms with E-state index in [1.807, 2.05) is 38.1 Å². The summed E-state index contributed by atoms with van der Waals surface area (Å²) < 4.78 is 0. The maximum Gasteiger partial charge on any atom is 0.326 e. The van der Waals surface area contributed by atoms with E-state index in [9.17, 15) is 29.1 Å². The molecule has 1 saturated heterocycles. The van der Waals surface area contributed by atoms with Crippen LogP contribution in [0.4, 0.5) is 0 Å². The third kappa shape index (κ3) is 7.09. The van der Waals surface area contributed by atoms with E-state index < -0.39 is 60.2 Å². The van der Waals surface area contributed by atoms with Crippen LogP contribution in [0.25, 0.3) is 10.9 Å². The minimum atomic E-state index is -1.62. The van der Waals surface area contributed by atoms with Gasteiger partial charge in [0.2, 0.25) is 17.7 Å². The summed E-state index contributed by atoms with van der Waals surface area (Å²) in [4.78, 5) is 66.2. The summed E-state index contributed by atoms with van der Waals surface area (Å²) in [6.07, 6.45) is 2.38. The zero-order valence-electron chi connectivity index (χ0n) is 21.5. The summed E-state index contributed by atoms with van der Waals surface area (Å²) in [5.74, 6) is -4.52. The molecule has 0 radical (unpaired) electrons. The molecule has 12 heteroatoms. The van der Waals surface area contributed by atoms with Gasteiger partial charge in [-0.05, 0) is 43.2 Å². The Morgan fingerprint density at radius 1 is 1.11 bits per heavy atom. The van der Waals surface area contributed by atoms with Crippen LogP contribution >= 0.6 is 0 Å². The van der Waals surface area contributed by atoms with Gasteiger partial charge in [0.15, 0.2) is 0 Å². The zero-order valence-corrected chi connectivity index (χ0v) is 21.5. The highest BCUT2D eigenvalue weighted by Crippen LogP contribution is 2.22. The van der Waals surface area contributed by atoms with Crippen LogP contribution in [0.1, 0.15) is 45.1 Å². The number of aromatic nitrogens is 1. The molecule has 7 N–H and O–H groups in total. The highest BCUT2D eigenvalue weighted by Gasteiger charge is 2.39. The number of amides is 3. The van der Waals surface area contributed by atoms with E-state index in [2.05, 4.69) is 15.6 Å². The van der Waals surface area contributed by atoms with Crippen LogP contribution < -0.4 is 16.4 Å². The molecule has 38 heavy (non-hydrogen) atoms. The lowest BCUT2D eigenvalue weighted by Gasteiger charge is -2.30. The minimum Gasteiger partial charge on any atom is -0.481 e. The van der Waals surface area contributed by atoms with Gasteiger partial charge in [-0.2, -0.15) is 0 Å². The van der Waals surface area contributed by atoms with Crippen molar-refractivity contribution >= 4 is 40.6 Å². The van der Waals surface area contributed by atoms with Crippen molar-refractivity contribution in [2.24, 2.45) is 11.7 Å². The van der Waals surface area contributed by atoms with Gasteiger partial charge in [0.25, 0.3) is 0 Å². The number of carbonyl (C=O) groups is 5. The summed E-state index contributed by atoms with van der Waals surface area (Å²) >= 11 is 0. The fourth-order valence-electron chi connectivity index (χ4n) is 4.75. The largest absolute Gasteiger partial charge is 0.481 e. The Bertz CT molecular complexity index is 1190. The predicted molar refractivity (Wildman–Crippen MR) is 138 cm³/mol. The molecule has 3 rings (SSSR count). The van der Waals surface area contributed by atoms with E-state index in [-0.39, 0.29) is 18.9 Å². The first kappa shape index (κ1) is 28.6. The van der Waals surface area contributed by atoms with Crippen molar-refractivity contribution in [2.45, 2.75) is 70.1 Å². The van der Waals surface area contributed by atoms with Crippen LogP contribution in [0.3, 0.4) is 0 Å². The molecule has 0 spiro atoms. The maximum atomic E-state index is 13.5. The van der Waals surface area contributed by atoms with Gasteiger partial charge in [0, 0.05) is 23.6 Å². The van der Waals surface area contributed by atoms with E-state index in [1.54, 1.807) is 6.20 Å². The standard InChI is InChI=1S/C26H35N5O7/c1-14(2)10-19(29-23(34)17(27)11-15-13-28-18-7-4-3-6-16(15)18)25(36)31-9-5-8-21(31)24(35)30-20(26(37)38)12-22(32)33/h3-4,6-7,13-14,17,19-21,28H,5,8-12,27H2,1-2H3,(H,29,34)(H,30,35)(H,32,33)(H,37,38). The fraction of sp³-hybridized carbons (Fsp3) is 0.500. The van der Waals surface area contributed by atoms with Crippen molar-refractivity contribution in [1.82, 2.24) is 20.5 Å². The summed E-state index contributed by atoms with van der Waals surface area (Å²) in [6, 6.07) is 3.21. The maximum absolute atomic E-state index is 13.5. The van der Waals surface area contributed by atoms with Crippen LogP contribution in [0.5, 0.6) is 0 Å². The third-order valence-corrected chi connectivity index (χ3v) is 6.61. The van der Waals surface area contributed by atoms with E-state index >= 15 is 0 Å². The number of rotatable bonds is 12. The SMILES string of the molecule is CC(C)CC(NC(=O)C(N)Cc1c[nH]c2ccccc12)C(=O)N1CCCC1C(=O)NC(CC(=O)O)C(=O)O. The number of hydrogen-bond acceptors (Lipinski definition) is 6. The molecule has 0 bridgehead atoms. The molecule has 12 nitrogen and oxygen atoms in total. The molecule has 0 saturated carbocycles. The molecule has 1 aromatic heterocycles. The smallest absolute Gasteiger partial charge is 0.326 e. The fourth-order valence-corrected chi connectivity index (χ4v) is 4.75. The molecule has 4 atom stereocenters. The van der Waals surface area contributed by atoms with Gasteiger partial charge in [-0.1, -0.05) is 32.0 Å². The first-order valence-electron chi connectivity index (χ1n) is 12.6. The number of carboxylic acids is 2. The molecule has 1 aliphatic heterocycles. The molecule has 4 unspecified atom stereocenters. The average molecular weight is 530 g/mol. The Labute approximate surface area is 219 Å². The number of nitrogens with one attached hydrogen (secondary N) is 3. The number of benzene rings is 1. The number of para-hydroxylation sites is 1. The highest BCUT2D eigenvalue weighted by molar-refractivity contribution is 5.95. The van der Waals surface area contributed by atoms with Crippen LogP contribution in [0.15, 0.2) is 30.5 Å². The van der Waals surface area contributed by atoms with Crippen LogP contribution in [-0.4, -0.2) is 80.5 Å². The number of likely N-dealkylation sites (tertiary alicyclic amines) is 1. The van der Waals surface area contributed by atoms with Crippen LogP contribution in [0.2, 0.25) is 0 Å². The molecule has 1 aromatic carbocycles. The number of aliphatic carboxylic acids is 2. The minimum absolute atomic E-state index is 0.0379. The summed E-state index contributed by atoms with van der Waals surface area (Å²) in [5.41, 5.74) is 8.01. The number of H-pyrrole nitrogens is 1. The lowest BCUT2D eigenvalue weighted by Crippen LogP contribution is -2.57. The van der Waals surface area contributed by atoms with Crippen molar-refractivity contribution in [3.63, 3.8) is 0 Å². The van der Waals surface area contributed by atoms with Gasteiger partial charge in [-0.3, -0.25) is 19.2 Å². The monoisotopic (exact) mass is 529 g/mol. The number of nitrogens with zero attached hydrogens (tertiary/aromatic N) is 1. The van der Waals surface area contributed by atoms with Crippen molar-refractivity contribution in [1.29, 1.82) is 0 Å².